The van der Waals surface area contributed by atoms with Gasteiger partial charge in [-0.25, -0.2) is 8.78 Å². The predicted octanol–water partition coefficient (Wildman–Crippen LogP) is 3.54. The van der Waals surface area contributed by atoms with Crippen molar-refractivity contribution in [2.24, 2.45) is 0 Å². The summed E-state index contributed by atoms with van der Waals surface area (Å²) in [6.45, 7) is 3.12. The first-order chi connectivity index (χ1) is 12.9. The maximum absolute atomic E-state index is 14.5. The van der Waals surface area contributed by atoms with Gasteiger partial charge in [-0.15, -0.1) is 5.92 Å². The third-order valence-corrected chi connectivity index (χ3v) is 4.17. The Morgan fingerprint density at radius 2 is 1.85 bits per heavy atom. The number of hydrogen-bond donors (Lipinski definition) is 0. The molecule has 0 fully saturated rings. The zero-order chi connectivity index (χ0) is 20.0. The van der Waals surface area contributed by atoms with Crippen molar-refractivity contribution < 1.29 is 27.8 Å². The lowest BCUT2D eigenvalue weighted by molar-refractivity contribution is -0.318. The fourth-order valence-corrected chi connectivity index (χ4v) is 2.68. The van der Waals surface area contributed by atoms with Crippen LogP contribution >= 0.6 is 0 Å². The topological polar surface area (TPSA) is 49.7 Å². The van der Waals surface area contributed by atoms with Gasteiger partial charge in [0.05, 0.1) is 6.04 Å². The molecule has 0 saturated heterocycles. The van der Waals surface area contributed by atoms with Crippen LogP contribution in [0.1, 0.15) is 35.9 Å². The number of benzene rings is 1. The minimum Gasteiger partial charge on any atom is -0.332 e. The minimum atomic E-state index is -2.25. The molecule has 0 bridgehead atoms. The van der Waals surface area contributed by atoms with Crippen molar-refractivity contribution >= 4 is 5.78 Å². The molecule has 0 N–H and O–H groups in total. The molecule has 27 heavy (non-hydrogen) atoms. The number of ether oxygens (including phenoxy) is 3. The first kappa shape index (κ1) is 20.8. The summed E-state index contributed by atoms with van der Waals surface area (Å²) in [6, 6.07) is 8.48. The standard InChI is InChI=1S/C20H21F2NO4/c1-5-6-12-27-20(25-3,26-4)19(24)18-17(22)16(21)13-23(18)14(2)15-10-8-7-9-11-15/h7-11,13-14H,12H2,1-4H3/t14-/m1/s1. The number of nitrogens with zero attached hydrogens (tertiary/aromatic N) is 1. The van der Waals surface area contributed by atoms with Crippen molar-refractivity contribution in [3.63, 3.8) is 0 Å². The summed E-state index contributed by atoms with van der Waals surface area (Å²) in [5, 5.41) is 0. The maximum Gasteiger partial charge on any atom is 0.353 e. The van der Waals surface area contributed by atoms with Gasteiger partial charge in [-0.1, -0.05) is 36.3 Å². The fraction of sp³-hybridized carbons (Fsp3) is 0.350. The molecule has 2 rings (SSSR count). The number of carbonyl (C=O) groups excluding carboxylic acids is 1. The Kier molecular flexibility index (Phi) is 6.86. The van der Waals surface area contributed by atoms with Crippen LogP contribution in [-0.2, 0) is 14.2 Å². The van der Waals surface area contributed by atoms with Crippen molar-refractivity contribution in [2.75, 3.05) is 20.8 Å². The lowest BCUT2D eigenvalue weighted by Gasteiger charge is -2.29. The highest BCUT2D eigenvalue weighted by molar-refractivity contribution is 5.99. The Hall–Kier alpha value is -2.53. The highest BCUT2D eigenvalue weighted by Gasteiger charge is 2.45. The summed E-state index contributed by atoms with van der Waals surface area (Å²) < 4.78 is 45.3. The zero-order valence-electron chi connectivity index (χ0n) is 15.6. The van der Waals surface area contributed by atoms with Gasteiger partial charge in [-0.3, -0.25) is 4.79 Å². The van der Waals surface area contributed by atoms with Crippen LogP contribution in [0, 0.1) is 23.5 Å². The van der Waals surface area contributed by atoms with E-state index in [0.29, 0.717) is 0 Å². The van der Waals surface area contributed by atoms with Gasteiger partial charge in [0.15, 0.2) is 11.6 Å². The van der Waals surface area contributed by atoms with E-state index in [-0.39, 0.29) is 6.61 Å². The molecule has 0 radical (unpaired) electrons. The molecule has 0 aliphatic heterocycles. The van der Waals surface area contributed by atoms with Crippen LogP contribution in [-0.4, -0.2) is 37.1 Å². The Bertz CT molecular complexity index is 848. The molecule has 1 atom stereocenters. The maximum atomic E-state index is 14.5. The average Bonchev–Trinajstić information content (AvgIpc) is 3.00. The van der Waals surface area contributed by atoms with Crippen molar-refractivity contribution in [1.82, 2.24) is 4.57 Å². The molecule has 0 aliphatic rings. The molecule has 1 heterocycles. The van der Waals surface area contributed by atoms with Crippen LogP contribution in [0.15, 0.2) is 36.5 Å². The number of aromatic nitrogens is 1. The Labute approximate surface area is 156 Å². The normalized spacial score (nSPS) is 12.4. The molecule has 7 heteroatoms. The van der Waals surface area contributed by atoms with Gasteiger partial charge >= 0.3 is 5.97 Å². The molecular weight excluding hydrogens is 356 g/mol. The first-order valence-electron chi connectivity index (χ1n) is 8.21. The number of hydrogen-bond acceptors (Lipinski definition) is 4. The molecule has 0 unspecified atom stereocenters. The lowest BCUT2D eigenvalue weighted by Crippen LogP contribution is -2.47. The van der Waals surface area contributed by atoms with Gasteiger partial charge in [0.1, 0.15) is 12.3 Å². The van der Waals surface area contributed by atoms with Gasteiger partial charge in [-0.05, 0) is 19.4 Å². The Morgan fingerprint density at radius 1 is 1.22 bits per heavy atom. The van der Waals surface area contributed by atoms with Crippen LogP contribution in [0.5, 0.6) is 0 Å². The van der Waals surface area contributed by atoms with E-state index in [0.717, 1.165) is 11.8 Å². The van der Waals surface area contributed by atoms with Crippen LogP contribution in [0.2, 0.25) is 0 Å². The smallest absolute Gasteiger partial charge is 0.332 e. The summed E-state index contributed by atoms with van der Waals surface area (Å²) in [6.07, 6.45) is 0.933. The number of carbonyl (C=O) groups is 1. The van der Waals surface area contributed by atoms with E-state index in [9.17, 15) is 13.6 Å². The van der Waals surface area contributed by atoms with E-state index in [2.05, 4.69) is 11.8 Å². The average molecular weight is 377 g/mol. The van der Waals surface area contributed by atoms with E-state index in [1.165, 1.54) is 18.8 Å². The predicted molar refractivity (Wildman–Crippen MR) is 95.1 cm³/mol. The lowest BCUT2D eigenvalue weighted by atomic mass is 10.1. The van der Waals surface area contributed by atoms with Crippen LogP contribution < -0.4 is 0 Å². The minimum absolute atomic E-state index is 0.191. The largest absolute Gasteiger partial charge is 0.353 e. The van der Waals surface area contributed by atoms with E-state index >= 15 is 0 Å². The second kappa shape index (κ2) is 8.91. The number of halogens is 2. The monoisotopic (exact) mass is 377 g/mol. The molecule has 2 aromatic rings. The van der Waals surface area contributed by atoms with Gasteiger partial charge in [0.25, 0.3) is 5.78 Å². The van der Waals surface area contributed by atoms with Crippen LogP contribution in [0.25, 0.3) is 0 Å². The van der Waals surface area contributed by atoms with Gasteiger partial charge in [0, 0.05) is 20.4 Å². The Balaban J connectivity index is 2.52. The number of methoxy groups -OCH3 is 2. The second-order valence-corrected chi connectivity index (χ2v) is 5.64. The van der Waals surface area contributed by atoms with E-state index in [4.69, 9.17) is 14.2 Å². The first-order valence-corrected chi connectivity index (χ1v) is 8.21. The van der Waals surface area contributed by atoms with Crippen LogP contribution in [0.4, 0.5) is 8.78 Å². The van der Waals surface area contributed by atoms with Gasteiger partial charge < -0.3 is 18.8 Å². The van der Waals surface area contributed by atoms with Crippen LogP contribution in [0.3, 0.4) is 0 Å². The molecule has 0 aliphatic carbocycles. The zero-order valence-corrected chi connectivity index (χ0v) is 15.6. The second-order valence-electron chi connectivity index (χ2n) is 5.64. The summed E-state index contributed by atoms with van der Waals surface area (Å²) in [5.74, 6) is -0.508. The third-order valence-electron chi connectivity index (χ3n) is 4.17. The molecule has 0 spiro atoms. The Morgan fingerprint density at radius 3 is 2.41 bits per heavy atom. The highest BCUT2D eigenvalue weighted by Crippen LogP contribution is 2.29. The summed E-state index contributed by atoms with van der Waals surface area (Å²) in [4.78, 5) is 13.1. The van der Waals surface area contributed by atoms with E-state index in [1.54, 1.807) is 38.1 Å². The number of rotatable bonds is 8. The fourth-order valence-electron chi connectivity index (χ4n) is 2.68. The summed E-state index contributed by atoms with van der Waals surface area (Å²) in [5.41, 5.74) is 0.219. The molecule has 5 nitrogen and oxygen atoms in total. The van der Waals surface area contributed by atoms with Crippen molar-refractivity contribution in [1.29, 1.82) is 0 Å². The molecule has 1 aromatic heterocycles. The summed E-state index contributed by atoms with van der Waals surface area (Å²) in [7, 11) is 2.34. The quantitative estimate of drug-likeness (QED) is 0.401. The number of ketones is 1. The van der Waals surface area contributed by atoms with Gasteiger partial charge in [-0.2, -0.15) is 0 Å². The van der Waals surface area contributed by atoms with E-state index < -0.39 is 35.1 Å². The van der Waals surface area contributed by atoms with E-state index in [1.807, 2.05) is 6.07 Å². The highest BCUT2D eigenvalue weighted by atomic mass is 19.2. The third kappa shape index (κ3) is 4.08. The molecule has 0 saturated carbocycles. The molecular formula is C20H21F2NO4. The van der Waals surface area contributed by atoms with Gasteiger partial charge in [0.2, 0.25) is 0 Å². The van der Waals surface area contributed by atoms with Crippen molar-refractivity contribution in [2.45, 2.75) is 25.9 Å². The SMILES string of the molecule is CC#CCOC(OC)(OC)C(=O)c1c(F)c(F)cn1[C@H](C)c1ccccc1. The number of Topliss-reactive ketones (excluding diaryl/α,β-unsaturated/α-hetero) is 1. The molecule has 0 amide bonds. The summed E-state index contributed by atoms with van der Waals surface area (Å²) >= 11 is 0. The molecule has 144 valence electrons. The van der Waals surface area contributed by atoms with Crippen molar-refractivity contribution in [3.8, 4) is 11.8 Å². The van der Waals surface area contributed by atoms with Crippen molar-refractivity contribution in [3.05, 3.63) is 59.4 Å². The molecule has 1 aromatic carbocycles.